The van der Waals surface area contributed by atoms with Crippen molar-refractivity contribution < 1.29 is 18.3 Å². The molecule has 24 heavy (non-hydrogen) atoms. The molecule has 0 aromatic heterocycles. The Hall–Kier alpha value is -2.47. The molecule has 0 saturated heterocycles. The third-order valence-corrected chi connectivity index (χ3v) is 3.71. The van der Waals surface area contributed by atoms with Crippen molar-refractivity contribution in [2.24, 2.45) is 5.73 Å². The highest BCUT2D eigenvalue weighted by Crippen LogP contribution is 2.27. The van der Waals surface area contributed by atoms with Gasteiger partial charge in [-0.05, 0) is 18.6 Å². The monoisotopic (exact) mass is 334 g/mol. The summed E-state index contributed by atoms with van der Waals surface area (Å²) < 4.78 is 29.5. The summed E-state index contributed by atoms with van der Waals surface area (Å²) in [5, 5.41) is 2.82. The smallest absolute Gasteiger partial charge is 0.387 e. The molecule has 0 spiro atoms. The molecule has 0 heterocycles. The van der Waals surface area contributed by atoms with E-state index in [0.29, 0.717) is 5.56 Å². The van der Waals surface area contributed by atoms with Gasteiger partial charge in [-0.15, -0.1) is 0 Å². The molecular weight excluding hydrogens is 314 g/mol. The maximum Gasteiger partial charge on any atom is 0.387 e. The number of alkyl halides is 2. The van der Waals surface area contributed by atoms with Crippen molar-refractivity contribution in [3.63, 3.8) is 0 Å². The Kier molecular flexibility index (Phi) is 6.26. The van der Waals surface area contributed by atoms with E-state index in [4.69, 9.17) is 5.73 Å². The maximum absolute atomic E-state index is 12.5. The minimum Gasteiger partial charge on any atom is -0.434 e. The van der Waals surface area contributed by atoms with E-state index in [1.165, 1.54) is 6.07 Å². The van der Waals surface area contributed by atoms with Crippen LogP contribution in [0.2, 0.25) is 0 Å². The molecule has 0 aliphatic heterocycles. The quantitative estimate of drug-likeness (QED) is 0.817. The summed E-state index contributed by atoms with van der Waals surface area (Å²) >= 11 is 0. The van der Waals surface area contributed by atoms with E-state index in [1.54, 1.807) is 25.1 Å². The van der Waals surface area contributed by atoms with Crippen LogP contribution < -0.4 is 15.8 Å². The number of carbonyl (C=O) groups is 1. The van der Waals surface area contributed by atoms with Gasteiger partial charge in [-0.25, -0.2) is 0 Å². The lowest BCUT2D eigenvalue weighted by Gasteiger charge is -2.21. The lowest BCUT2D eigenvalue weighted by molar-refractivity contribution is -0.123. The van der Waals surface area contributed by atoms with E-state index in [9.17, 15) is 13.6 Å². The summed E-state index contributed by atoms with van der Waals surface area (Å²) in [6, 6.07) is 15.1. The van der Waals surface area contributed by atoms with Crippen LogP contribution in [0.15, 0.2) is 54.6 Å². The zero-order valence-electron chi connectivity index (χ0n) is 13.3. The molecule has 0 saturated carbocycles. The Bertz CT molecular complexity index is 665. The molecule has 2 rings (SSSR count). The molecular formula is C18H20F2N2O2. The predicted octanol–water partition coefficient (Wildman–Crippen LogP) is 3.21. The minimum atomic E-state index is -2.92. The van der Waals surface area contributed by atoms with Gasteiger partial charge in [0.1, 0.15) is 5.75 Å². The van der Waals surface area contributed by atoms with Crippen LogP contribution in [0.4, 0.5) is 8.78 Å². The Morgan fingerprint density at radius 2 is 1.75 bits per heavy atom. The van der Waals surface area contributed by atoms with Crippen molar-refractivity contribution >= 4 is 5.91 Å². The fourth-order valence-corrected chi connectivity index (χ4v) is 2.51. The summed E-state index contributed by atoms with van der Waals surface area (Å²) in [7, 11) is 0. The van der Waals surface area contributed by atoms with Crippen molar-refractivity contribution in [2.45, 2.75) is 25.5 Å². The van der Waals surface area contributed by atoms with Gasteiger partial charge in [0.25, 0.3) is 0 Å². The first-order chi connectivity index (χ1) is 11.5. The highest BCUT2D eigenvalue weighted by atomic mass is 19.3. The molecule has 0 aliphatic carbocycles. The number of para-hydroxylation sites is 1. The molecule has 128 valence electrons. The third kappa shape index (κ3) is 4.52. The topological polar surface area (TPSA) is 64.4 Å². The van der Waals surface area contributed by atoms with Gasteiger partial charge in [0.15, 0.2) is 0 Å². The van der Waals surface area contributed by atoms with E-state index in [-0.39, 0.29) is 18.2 Å². The molecule has 1 amide bonds. The number of amides is 1. The summed E-state index contributed by atoms with van der Waals surface area (Å²) in [4.78, 5) is 12.5. The third-order valence-electron chi connectivity index (χ3n) is 3.71. The van der Waals surface area contributed by atoms with Gasteiger partial charge in [-0.3, -0.25) is 4.79 Å². The molecule has 2 unspecified atom stereocenters. The van der Waals surface area contributed by atoms with Crippen LogP contribution in [0.1, 0.15) is 30.0 Å². The van der Waals surface area contributed by atoms with Crippen molar-refractivity contribution in [2.75, 3.05) is 6.54 Å². The molecule has 0 aliphatic rings. The van der Waals surface area contributed by atoms with Gasteiger partial charge >= 0.3 is 6.61 Å². The fourth-order valence-electron chi connectivity index (χ4n) is 2.51. The van der Waals surface area contributed by atoms with Gasteiger partial charge in [-0.2, -0.15) is 8.78 Å². The van der Waals surface area contributed by atoms with Gasteiger partial charge in [0.05, 0.1) is 12.0 Å². The fraction of sp³-hybridized carbons (Fsp3) is 0.278. The second-order valence-corrected chi connectivity index (χ2v) is 5.35. The van der Waals surface area contributed by atoms with Gasteiger partial charge in [-0.1, -0.05) is 48.5 Å². The number of nitrogens with one attached hydrogen (secondary N) is 1. The number of ether oxygens (including phenoxy) is 1. The molecule has 0 fully saturated rings. The largest absolute Gasteiger partial charge is 0.434 e. The molecule has 2 aromatic rings. The molecule has 6 heteroatoms. The summed E-state index contributed by atoms with van der Waals surface area (Å²) in [5.74, 6) is -0.718. The van der Waals surface area contributed by atoms with Crippen LogP contribution in [0.25, 0.3) is 0 Å². The van der Waals surface area contributed by atoms with E-state index in [0.717, 1.165) is 5.56 Å². The van der Waals surface area contributed by atoms with Crippen molar-refractivity contribution in [3.8, 4) is 5.75 Å². The van der Waals surface area contributed by atoms with E-state index >= 15 is 0 Å². The van der Waals surface area contributed by atoms with Crippen molar-refractivity contribution in [1.29, 1.82) is 0 Å². The number of nitrogens with two attached hydrogens (primary N) is 1. The average molecular weight is 334 g/mol. The number of hydrogen-bond donors (Lipinski definition) is 2. The molecule has 0 radical (unpaired) electrons. The lowest BCUT2D eigenvalue weighted by Crippen LogP contribution is -2.35. The zero-order valence-corrected chi connectivity index (χ0v) is 13.3. The molecule has 3 N–H and O–H groups in total. The predicted molar refractivity (Wildman–Crippen MR) is 87.9 cm³/mol. The maximum atomic E-state index is 12.5. The Balaban J connectivity index is 2.14. The second kappa shape index (κ2) is 8.40. The highest BCUT2D eigenvalue weighted by molar-refractivity contribution is 5.84. The van der Waals surface area contributed by atoms with Crippen LogP contribution in [-0.2, 0) is 4.79 Å². The highest BCUT2D eigenvalue weighted by Gasteiger charge is 2.22. The van der Waals surface area contributed by atoms with Crippen molar-refractivity contribution in [1.82, 2.24) is 5.32 Å². The normalized spacial score (nSPS) is 13.4. The first-order valence-electron chi connectivity index (χ1n) is 7.62. The zero-order chi connectivity index (χ0) is 17.5. The molecule has 0 bridgehead atoms. The van der Waals surface area contributed by atoms with E-state index in [2.05, 4.69) is 10.1 Å². The SMILES string of the molecule is CC(NC(=O)C(CN)c1ccccc1)c1ccccc1OC(F)F. The summed E-state index contributed by atoms with van der Waals surface area (Å²) in [6.07, 6.45) is 0. The number of rotatable bonds is 7. The summed E-state index contributed by atoms with van der Waals surface area (Å²) in [5.41, 5.74) is 7.02. The Morgan fingerprint density at radius 1 is 1.12 bits per heavy atom. The average Bonchev–Trinajstić information content (AvgIpc) is 2.56. The Labute approximate surface area is 139 Å². The second-order valence-electron chi connectivity index (χ2n) is 5.35. The van der Waals surface area contributed by atoms with Gasteiger partial charge < -0.3 is 15.8 Å². The number of benzene rings is 2. The van der Waals surface area contributed by atoms with E-state index in [1.807, 2.05) is 30.3 Å². The van der Waals surface area contributed by atoms with E-state index < -0.39 is 18.6 Å². The summed E-state index contributed by atoms with van der Waals surface area (Å²) in [6.45, 7) is -1.06. The van der Waals surface area contributed by atoms with Crippen LogP contribution in [-0.4, -0.2) is 19.1 Å². The number of carbonyl (C=O) groups excluding carboxylic acids is 1. The minimum absolute atomic E-state index is 0.0457. The lowest BCUT2D eigenvalue weighted by atomic mass is 9.97. The number of hydrogen-bond acceptors (Lipinski definition) is 3. The van der Waals surface area contributed by atoms with Crippen molar-refractivity contribution in [3.05, 3.63) is 65.7 Å². The number of halogens is 2. The Morgan fingerprint density at radius 3 is 2.38 bits per heavy atom. The first-order valence-corrected chi connectivity index (χ1v) is 7.62. The molecule has 4 nitrogen and oxygen atoms in total. The standard InChI is InChI=1S/C18H20F2N2O2/c1-12(14-9-5-6-10-16(14)24-18(19)20)22-17(23)15(11-21)13-7-3-2-4-8-13/h2-10,12,15,18H,11,21H2,1H3,(H,22,23). The van der Waals surface area contributed by atoms with Gasteiger partial charge in [0, 0.05) is 12.1 Å². The van der Waals surface area contributed by atoms with Crippen LogP contribution in [0, 0.1) is 0 Å². The molecule has 2 atom stereocenters. The van der Waals surface area contributed by atoms with Crippen LogP contribution in [0.5, 0.6) is 5.75 Å². The van der Waals surface area contributed by atoms with Gasteiger partial charge in [0.2, 0.25) is 5.91 Å². The molecule has 2 aromatic carbocycles. The van der Waals surface area contributed by atoms with Crippen LogP contribution in [0.3, 0.4) is 0 Å². The van der Waals surface area contributed by atoms with Crippen LogP contribution >= 0.6 is 0 Å². The first kappa shape index (κ1) is 17.9.